The Morgan fingerprint density at radius 1 is 1.20 bits per heavy atom. The molecule has 6 heteroatoms. The van der Waals surface area contributed by atoms with Crippen molar-refractivity contribution in [2.24, 2.45) is 0 Å². The predicted molar refractivity (Wildman–Crippen MR) is 53.4 cm³/mol. The lowest BCUT2D eigenvalue weighted by Crippen LogP contribution is -2.24. The number of phenolic OH excluding ortho intramolecular Hbond substituents is 1. The first-order valence-corrected chi connectivity index (χ1v) is 4.29. The average molecular weight is 207 g/mol. The average Bonchev–Trinajstić information content (AvgIpc) is 2.52. The maximum Gasteiger partial charge on any atom is 0.348 e. The highest BCUT2D eigenvalue weighted by molar-refractivity contribution is 5.43. The van der Waals surface area contributed by atoms with Gasteiger partial charge in [-0.1, -0.05) is 6.07 Å². The highest BCUT2D eigenvalue weighted by Crippen LogP contribution is 2.18. The number of benzene rings is 1. The summed E-state index contributed by atoms with van der Waals surface area (Å²) in [7, 11) is 0. The molecule has 0 aliphatic carbocycles. The van der Waals surface area contributed by atoms with Gasteiger partial charge in [-0.2, -0.15) is 0 Å². The fourth-order valence-corrected chi connectivity index (χ4v) is 1.28. The van der Waals surface area contributed by atoms with Crippen LogP contribution in [0.15, 0.2) is 27.8 Å². The summed E-state index contributed by atoms with van der Waals surface area (Å²) in [6.07, 6.45) is 0. The lowest BCUT2D eigenvalue weighted by molar-refractivity contribution is 0.470. The van der Waals surface area contributed by atoms with Gasteiger partial charge in [-0.25, -0.2) is 24.4 Å². The zero-order valence-corrected chi connectivity index (χ0v) is 7.94. The van der Waals surface area contributed by atoms with Gasteiger partial charge in [-0.05, 0) is 18.6 Å². The van der Waals surface area contributed by atoms with E-state index in [4.69, 9.17) is 0 Å². The molecule has 1 aromatic heterocycles. The topological polar surface area (TPSA) is 90.9 Å². The van der Waals surface area contributed by atoms with Gasteiger partial charge < -0.3 is 5.11 Å². The third-order valence-electron chi connectivity index (χ3n) is 2.13. The van der Waals surface area contributed by atoms with Gasteiger partial charge in [0.1, 0.15) is 5.75 Å². The van der Waals surface area contributed by atoms with Gasteiger partial charge in [0.05, 0.1) is 5.69 Å². The van der Waals surface area contributed by atoms with Crippen LogP contribution in [0.1, 0.15) is 5.56 Å². The van der Waals surface area contributed by atoms with Crippen molar-refractivity contribution in [3.05, 3.63) is 44.7 Å². The number of aromatic nitrogens is 3. The van der Waals surface area contributed by atoms with Crippen molar-refractivity contribution in [3.8, 4) is 11.4 Å². The van der Waals surface area contributed by atoms with Crippen molar-refractivity contribution >= 4 is 0 Å². The van der Waals surface area contributed by atoms with Crippen LogP contribution in [0.5, 0.6) is 5.75 Å². The van der Waals surface area contributed by atoms with Crippen molar-refractivity contribution in [1.29, 1.82) is 0 Å². The molecule has 0 atom stereocenters. The first-order chi connectivity index (χ1) is 7.09. The zero-order valence-electron chi connectivity index (χ0n) is 7.94. The van der Waals surface area contributed by atoms with Crippen molar-refractivity contribution in [2.75, 3.05) is 0 Å². The quantitative estimate of drug-likeness (QED) is 0.608. The van der Waals surface area contributed by atoms with Gasteiger partial charge in [-0.3, -0.25) is 0 Å². The summed E-state index contributed by atoms with van der Waals surface area (Å²) < 4.78 is 0.902. The van der Waals surface area contributed by atoms with Crippen molar-refractivity contribution in [3.63, 3.8) is 0 Å². The van der Waals surface area contributed by atoms with Crippen LogP contribution >= 0.6 is 0 Å². The Labute approximate surface area is 83.8 Å². The molecule has 0 saturated heterocycles. The van der Waals surface area contributed by atoms with Gasteiger partial charge in [0.15, 0.2) is 0 Å². The second-order valence-electron chi connectivity index (χ2n) is 3.17. The van der Waals surface area contributed by atoms with Crippen LogP contribution in [0.25, 0.3) is 5.69 Å². The molecule has 6 nitrogen and oxygen atoms in total. The lowest BCUT2D eigenvalue weighted by Gasteiger charge is -2.02. The summed E-state index contributed by atoms with van der Waals surface area (Å²) in [5, 5.41) is 13.8. The Morgan fingerprint density at radius 3 is 2.33 bits per heavy atom. The molecule has 2 aromatic rings. The second kappa shape index (κ2) is 3.16. The molecule has 0 amide bonds. The van der Waals surface area contributed by atoms with Crippen molar-refractivity contribution in [1.82, 2.24) is 14.8 Å². The minimum Gasteiger partial charge on any atom is -0.508 e. The van der Waals surface area contributed by atoms with Crippen LogP contribution in [-0.2, 0) is 0 Å². The van der Waals surface area contributed by atoms with Gasteiger partial charge in [0, 0.05) is 6.07 Å². The largest absolute Gasteiger partial charge is 0.508 e. The van der Waals surface area contributed by atoms with E-state index in [1.165, 1.54) is 6.07 Å². The van der Waals surface area contributed by atoms with E-state index < -0.39 is 11.4 Å². The number of phenols is 1. The summed E-state index contributed by atoms with van der Waals surface area (Å²) >= 11 is 0. The molecular formula is C9H9N3O3. The van der Waals surface area contributed by atoms with E-state index in [-0.39, 0.29) is 5.75 Å². The number of aromatic hydroxyl groups is 1. The monoisotopic (exact) mass is 207 g/mol. The van der Waals surface area contributed by atoms with E-state index in [0.29, 0.717) is 11.3 Å². The van der Waals surface area contributed by atoms with Crippen molar-refractivity contribution in [2.45, 2.75) is 6.92 Å². The number of nitrogens with one attached hydrogen (secondary N) is 2. The van der Waals surface area contributed by atoms with Gasteiger partial charge in [0.2, 0.25) is 0 Å². The fourth-order valence-electron chi connectivity index (χ4n) is 1.28. The van der Waals surface area contributed by atoms with Crippen LogP contribution in [0.2, 0.25) is 0 Å². The zero-order chi connectivity index (χ0) is 11.0. The number of rotatable bonds is 1. The van der Waals surface area contributed by atoms with E-state index >= 15 is 0 Å². The SMILES string of the molecule is Cc1ccc(-n2c(=O)[nH][nH]c2=O)cc1O. The van der Waals surface area contributed by atoms with E-state index in [2.05, 4.69) is 10.2 Å². The maximum atomic E-state index is 11.2. The Bertz CT molecular complexity index is 578. The number of nitrogens with zero attached hydrogens (tertiary/aromatic N) is 1. The Morgan fingerprint density at radius 2 is 1.80 bits per heavy atom. The molecule has 0 spiro atoms. The maximum absolute atomic E-state index is 11.2. The van der Waals surface area contributed by atoms with Crippen LogP contribution < -0.4 is 11.4 Å². The Hall–Kier alpha value is -2.24. The van der Waals surface area contributed by atoms with Crippen LogP contribution in [-0.4, -0.2) is 19.9 Å². The summed E-state index contributed by atoms with van der Waals surface area (Å²) in [5.41, 5.74) is -0.129. The molecule has 2 rings (SSSR count). The molecule has 1 heterocycles. The van der Waals surface area contributed by atoms with E-state index in [9.17, 15) is 14.7 Å². The van der Waals surface area contributed by atoms with Crippen LogP contribution in [0.3, 0.4) is 0 Å². The highest BCUT2D eigenvalue weighted by Gasteiger charge is 2.06. The fraction of sp³-hybridized carbons (Fsp3) is 0.111. The van der Waals surface area contributed by atoms with Crippen LogP contribution in [0.4, 0.5) is 0 Å². The highest BCUT2D eigenvalue weighted by atomic mass is 16.3. The Balaban J connectivity index is 2.70. The molecule has 1 aromatic carbocycles. The lowest BCUT2D eigenvalue weighted by atomic mass is 10.2. The van der Waals surface area contributed by atoms with Gasteiger partial charge >= 0.3 is 11.4 Å². The van der Waals surface area contributed by atoms with Crippen molar-refractivity contribution < 1.29 is 5.11 Å². The van der Waals surface area contributed by atoms with E-state index in [0.717, 1.165) is 4.57 Å². The standard InChI is InChI=1S/C9H9N3O3/c1-5-2-3-6(4-7(5)13)12-8(14)10-11-9(12)15/h2-4,13H,1H3,(H,10,14)(H,11,15). The second-order valence-corrected chi connectivity index (χ2v) is 3.17. The minimum atomic E-state index is -0.566. The van der Waals surface area contributed by atoms with Gasteiger partial charge in [-0.15, -0.1) is 0 Å². The van der Waals surface area contributed by atoms with E-state index in [1.807, 2.05) is 0 Å². The molecule has 78 valence electrons. The number of H-pyrrole nitrogens is 2. The normalized spacial score (nSPS) is 10.5. The molecule has 0 radical (unpaired) electrons. The summed E-state index contributed by atoms with van der Waals surface area (Å²) in [6, 6.07) is 4.57. The molecule has 3 N–H and O–H groups in total. The summed E-state index contributed by atoms with van der Waals surface area (Å²) in [5.74, 6) is 0.0417. The summed E-state index contributed by atoms with van der Waals surface area (Å²) in [6.45, 7) is 1.73. The Kier molecular flexibility index (Phi) is 1.96. The molecule has 0 aliphatic rings. The molecule has 0 fully saturated rings. The summed E-state index contributed by atoms with van der Waals surface area (Å²) in [4.78, 5) is 22.5. The molecular weight excluding hydrogens is 198 g/mol. The minimum absolute atomic E-state index is 0.0417. The van der Waals surface area contributed by atoms with Gasteiger partial charge in [0.25, 0.3) is 0 Å². The molecule has 0 aliphatic heterocycles. The number of aryl methyl sites for hydroxylation is 1. The number of hydrogen-bond donors (Lipinski definition) is 3. The molecule has 15 heavy (non-hydrogen) atoms. The number of aromatic amines is 2. The third kappa shape index (κ3) is 1.45. The third-order valence-corrected chi connectivity index (χ3v) is 2.13. The number of hydrogen-bond acceptors (Lipinski definition) is 3. The van der Waals surface area contributed by atoms with E-state index in [1.54, 1.807) is 19.1 Å². The molecule has 0 unspecified atom stereocenters. The molecule has 0 bridgehead atoms. The molecule has 0 saturated carbocycles. The van der Waals surface area contributed by atoms with Crippen LogP contribution in [0, 0.1) is 6.92 Å². The smallest absolute Gasteiger partial charge is 0.348 e. The first kappa shape index (κ1) is 9.32. The predicted octanol–water partition coefficient (Wildman–Crippen LogP) is -0.132. The first-order valence-electron chi connectivity index (χ1n) is 4.29.